The molecule has 0 aromatic rings. The van der Waals surface area contributed by atoms with Crippen molar-refractivity contribution in [3.63, 3.8) is 0 Å². The summed E-state index contributed by atoms with van der Waals surface area (Å²) >= 11 is 0. The maximum atomic E-state index is 2.45. The average Bonchev–Trinajstić information content (AvgIpc) is 1.89. The van der Waals surface area contributed by atoms with Crippen molar-refractivity contribution in [2.75, 3.05) is 0 Å². The van der Waals surface area contributed by atoms with E-state index < -0.39 is 0 Å². The van der Waals surface area contributed by atoms with Crippen LogP contribution in [0.25, 0.3) is 0 Å². The molecule has 0 aromatic carbocycles. The van der Waals surface area contributed by atoms with Gasteiger partial charge in [-0.2, -0.15) is 0 Å². The fourth-order valence-corrected chi connectivity index (χ4v) is 2.84. The lowest BCUT2D eigenvalue weighted by atomic mass is 9.64. The summed E-state index contributed by atoms with van der Waals surface area (Å²) in [4.78, 5) is 0. The summed E-state index contributed by atoms with van der Waals surface area (Å²) in [6.45, 7) is 4.89. The van der Waals surface area contributed by atoms with Crippen LogP contribution in [0.4, 0.5) is 0 Å². The van der Waals surface area contributed by atoms with Crippen LogP contribution in [0.2, 0.25) is 0 Å². The van der Waals surface area contributed by atoms with Crippen molar-refractivity contribution < 1.29 is 0 Å². The topological polar surface area (TPSA) is 0 Å². The van der Waals surface area contributed by atoms with E-state index in [0.29, 0.717) is 0 Å². The van der Waals surface area contributed by atoms with Crippen molar-refractivity contribution >= 4 is 0 Å². The fraction of sp³-hybridized carbons (Fsp3) is 1.00. The molecule has 3 fully saturated rings. The van der Waals surface area contributed by atoms with Crippen LogP contribution in [0.15, 0.2) is 0 Å². The van der Waals surface area contributed by atoms with Gasteiger partial charge >= 0.3 is 0 Å². The second kappa shape index (κ2) is 2.80. The predicted octanol–water partition coefficient (Wildman–Crippen LogP) is 3.47. The fourth-order valence-electron chi connectivity index (χ4n) is 2.84. The van der Waals surface area contributed by atoms with E-state index in [2.05, 4.69) is 13.8 Å². The maximum Gasteiger partial charge on any atom is -0.0406 e. The Morgan fingerprint density at radius 3 is 2.18 bits per heavy atom. The third kappa shape index (κ3) is 1.45. The van der Waals surface area contributed by atoms with Crippen molar-refractivity contribution in [1.29, 1.82) is 0 Å². The Kier molecular flexibility index (Phi) is 1.95. The molecule has 3 aliphatic carbocycles. The Morgan fingerprint density at radius 1 is 0.727 bits per heavy atom. The highest BCUT2D eigenvalue weighted by molar-refractivity contribution is 4.84. The first kappa shape index (κ1) is 7.64. The summed E-state index contributed by atoms with van der Waals surface area (Å²) in [6.07, 6.45) is 7.69. The molecule has 2 bridgehead atoms. The highest BCUT2D eigenvalue weighted by Gasteiger charge is 2.33. The molecule has 2 atom stereocenters. The Hall–Kier alpha value is 0. The highest BCUT2D eigenvalue weighted by atomic mass is 14.4. The van der Waals surface area contributed by atoms with Gasteiger partial charge < -0.3 is 0 Å². The SMILES string of the molecule is CC1CCC2CC(C2)CC1C. The van der Waals surface area contributed by atoms with Crippen molar-refractivity contribution in [2.24, 2.45) is 23.7 Å². The minimum absolute atomic E-state index is 1.00. The van der Waals surface area contributed by atoms with Gasteiger partial charge in [0.05, 0.1) is 0 Å². The molecular weight excluding hydrogens is 132 g/mol. The van der Waals surface area contributed by atoms with Crippen LogP contribution in [-0.2, 0) is 0 Å². The zero-order valence-electron chi connectivity index (χ0n) is 7.84. The standard InChI is InChI=1S/C11H20/c1-8-3-4-10-6-11(7-10)5-9(8)2/h8-11H,3-7H2,1-2H3. The van der Waals surface area contributed by atoms with E-state index in [4.69, 9.17) is 0 Å². The highest BCUT2D eigenvalue weighted by Crippen LogP contribution is 2.45. The average molecular weight is 152 g/mol. The summed E-state index contributed by atoms with van der Waals surface area (Å²) < 4.78 is 0. The Morgan fingerprint density at radius 2 is 1.45 bits per heavy atom. The molecule has 0 radical (unpaired) electrons. The van der Waals surface area contributed by atoms with Crippen LogP contribution in [0.1, 0.15) is 46.0 Å². The normalized spacial score (nSPS) is 50.7. The van der Waals surface area contributed by atoms with E-state index >= 15 is 0 Å². The van der Waals surface area contributed by atoms with E-state index in [-0.39, 0.29) is 0 Å². The quantitative estimate of drug-likeness (QED) is 0.498. The largest absolute Gasteiger partial charge is 0.0623 e. The van der Waals surface area contributed by atoms with E-state index in [1.54, 1.807) is 12.8 Å². The molecule has 11 heavy (non-hydrogen) atoms. The number of rotatable bonds is 0. The molecular formula is C11H20. The van der Waals surface area contributed by atoms with Crippen LogP contribution >= 0.6 is 0 Å². The van der Waals surface area contributed by atoms with Gasteiger partial charge in [-0.15, -0.1) is 0 Å². The Bertz CT molecular complexity index is 133. The third-order valence-electron chi connectivity index (χ3n) is 4.04. The summed E-state index contributed by atoms with van der Waals surface area (Å²) in [5.41, 5.74) is 0. The van der Waals surface area contributed by atoms with Crippen LogP contribution in [0.5, 0.6) is 0 Å². The lowest BCUT2D eigenvalue weighted by Crippen LogP contribution is -2.30. The zero-order chi connectivity index (χ0) is 7.84. The monoisotopic (exact) mass is 152 g/mol. The van der Waals surface area contributed by atoms with Gasteiger partial charge in [-0.1, -0.05) is 26.7 Å². The number of hydrogen-bond donors (Lipinski definition) is 0. The smallest absolute Gasteiger partial charge is 0.0406 e. The lowest BCUT2D eigenvalue weighted by Gasteiger charge is -2.41. The van der Waals surface area contributed by atoms with E-state index in [1.165, 1.54) is 19.3 Å². The van der Waals surface area contributed by atoms with Gasteiger partial charge in [-0.3, -0.25) is 0 Å². The van der Waals surface area contributed by atoms with E-state index in [0.717, 1.165) is 23.7 Å². The molecule has 0 N–H and O–H groups in total. The first-order valence-electron chi connectivity index (χ1n) is 5.25. The minimum Gasteiger partial charge on any atom is -0.0623 e. The summed E-state index contributed by atoms with van der Waals surface area (Å²) in [5, 5.41) is 0. The van der Waals surface area contributed by atoms with Crippen molar-refractivity contribution in [3.05, 3.63) is 0 Å². The lowest BCUT2D eigenvalue weighted by molar-refractivity contribution is 0.0985. The summed E-state index contributed by atoms with van der Waals surface area (Å²) in [5.74, 6) is 4.26. The van der Waals surface area contributed by atoms with Crippen LogP contribution in [0, 0.1) is 23.7 Å². The number of fused-ring (bicyclic) bond motifs is 4. The van der Waals surface area contributed by atoms with E-state index in [9.17, 15) is 0 Å². The molecule has 64 valence electrons. The third-order valence-corrected chi connectivity index (χ3v) is 4.04. The molecule has 3 aliphatic rings. The molecule has 0 heterocycles. The first-order chi connectivity index (χ1) is 5.25. The van der Waals surface area contributed by atoms with Gasteiger partial charge in [-0.25, -0.2) is 0 Å². The zero-order valence-corrected chi connectivity index (χ0v) is 7.84. The molecule has 0 aromatic heterocycles. The maximum absolute atomic E-state index is 2.45. The van der Waals surface area contributed by atoms with Crippen molar-refractivity contribution in [3.8, 4) is 0 Å². The molecule has 0 spiro atoms. The molecule has 3 rings (SSSR count). The Labute approximate surface area is 70.4 Å². The molecule has 0 nitrogen and oxygen atoms in total. The van der Waals surface area contributed by atoms with Gasteiger partial charge in [0.25, 0.3) is 0 Å². The first-order valence-corrected chi connectivity index (χ1v) is 5.25. The van der Waals surface area contributed by atoms with Gasteiger partial charge in [0.1, 0.15) is 0 Å². The molecule has 0 heteroatoms. The predicted molar refractivity (Wildman–Crippen MR) is 48.4 cm³/mol. The minimum atomic E-state index is 1.00. The molecule has 0 amide bonds. The van der Waals surface area contributed by atoms with Gasteiger partial charge in [-0.05, 0) is 42.9 Å². The van der Waals surface area contributed by atoms with Gasteiger partial charge in [0.15, 0.2) is 0 Å². The molecule has 3 saturated carbocycles. The van der Waals surface area contributed by atoms with Crippen LogP contribution in [-0.4, -0.2) is 0 Å². The van der Waals surface area contributed by atoms with Gasteiger partial charge in [0, 0.05) is 0 Å². The molecule has 2 unspecified atom stereocenters. The van der Waals surface area contributed by atoms with Crippen LogP contribution < -0.4 is 0 Å². The van der Waals surface area contributed by atoms with Gasteiger partial charge in [0.2, 0.25) is 0 Å². The van der Waals surface area contributed by atoms with E-state index in [1.807, 2.05) is 0 Å². The summed E-state index contributed by atoms with van der Waals surface area (Å²) in [7, 11) is 0. The van der Waals surface area contributed by atoms with Crippen molar-refractivity contribution in [2.45, 2.75) is 46.0 Å². The summed E-state index contributed by atoms with van der Waals surface area (Å²) in [6, 6.07) is 0. The van der Waals surface area contributed by atoms with Crippen LogP contribution in [0.3, 0.4) is 0 Å². The number of hydrogen-bond acceptors (Lipinski definition) is 0. The van der Waals surface area contributed by atoms with Crippen molar-refractivity contribution in [1.82, 2.24) is 0 Å². The molecule has 0 saturated heterocycles. The second-order valence-corrected chi connectivity index (χ2v) is 4.97. The molecule has 0 aliphatic heterocycles. The second-order valence-electron chi connectivity index (χ2n) is 4.97. The Balaban J connectivity index is 1.93.